The number of anilines is 3. The molecule has 0 aromatic heterocycles. The van der Waals surface area contributed by atoms with Crippen LogP contribution in [0.3, 0.4) is 0 Å². The highest BCUT2D eigenvalue weighted by Crippen LogP contribution is 2.22. The first-order valence-electron chi connectivity index (χ1n) is 7.05. The molecule has 2 rings (SSSR count). The molecule has 0 fully saturated rings. The molecule has 0 aliphatic heterocycles. The molecular weight excluding hydrogens is 328 g/mol. The van der Waals surface area contributed by atoms with Crippen molar-refractivity contribution in [1.82, 2.24) is 0 Å². The number of aryl methyl sites for hydroxylation is 1. The lowest BCUT2D eigenvalue weighted by Crippen LogP contribution is -2.19. The summed E-state index contributed by atoms with van der Waals surface area (Å²) < 4.78 is 0. The summed E-state index contributed by atoms with van der Waals surface area (Å²) in [4.78, 5) is 23.2. The second-order valence-electron chi connectivity index (χ2n) is 5.10. The predicted molar refractivity (Wildman–Crippen MR) is 94.3 cm³/mol. The van der Waals surface area contributed by atoms with E-state index in [-0.39, 0.29) is 10.9 Å². The van der Waals surface area contributed by atoms with Crippen LogP contribution in [0.2, 0.25) is 5.02 Å². The minimum atomic E-state index is -0.464. The number of hydrogen-bond acceptors (Lipinski definition) is 3. The monoisotopic (exact) mass is 342 g/mol. The van der Waals surface area contributed by atoms with Crippen molar-refractivity contribution in [2.45, 2.75) is 13.8 Å². The smallest absolute Gasteiger partial charge is 0.323 e. The van der Waals surface area contributed by atoms with Crippen molar-refractivity contribution in [3.63, 3.8) is 0 Å². The zero-order valence-electron chi connectivity index (χ0n) is 13.1. The number of amides is 3. The van der Waals surface area contributed by atoms with E-state index in [9.17, 15) is 9.59 Å². The normalized spacial score (nSPS) is 9.75. The number of carbonyl (C=O) groups excluding carboxylic acids is 2. The summed E-state index contributed by atoms with van der Waals surface area (Å²) >= 11 is 5.93. The summed E-state index contributed by atoms with van der Waals surface area (Å²) in [6.07, 6.45) is 0. The van der Waals surface area contributed by atoms with E-state index in [0.29, 0.717) is 22.6 Å². The van der Waals surface area contributed by atoms with E-state index in [1.807, 2.05) is 13.0 Å². The molecule has 0 unspecified atom stereocenters. The highest BCUT2D eigenvalue weighted by atomic mass is 35.5. The van der Waals surface area contributed by atoms with Gasteiger partial charge in [-0.3, -0.25) is 4.79 Å². The summed E-state index contributed by atoms with van der Waals surface area (Å²) in [5, 5.41) is 17.1. The zero-order valence-corrected chi connectivity index (χ0v) is 13.9. The topological polar surface area (TPSA) is 94.0 Å². The molecule has 24 heavy (non-hydrogen) atoms. The minimum absolute atomic E-state index is 0.188. The van der Waals surface area contributed by atoms with Gasteiger partial charge >= 0.3 is 6.03 Å². The fourth-order valence-electron chi connectivity index (χ4n) is 2.00. The maximum Gasteiger partial charge on any atom is 0.323 e. The molecule has 2 aromatic carbocycles. The van der Waals surface area contributed by atoms with Crippen molar-refractivity contribution < 1.29 is 9.59 Å². The lowest BCUT2D eigenvalue weighted by atomic mass is 10.2. The van der Waals surface area contributed by atoms with E-state index in [0.717, 1.165) is 5.56 Å². The number of rotatable bonds is 3. The van der Waals surface area contributed by atoms with Crippen molar-refractivity contribution in [1.29, 1.82) is 5.26 Å². The highest BCUT2D eigenvalue weighted by molar-refractivity contribution is 6.32. The average Bonchev–Trinajstić information content (AvgIpc) is 2.50. The number of carbonyl (C=O) groups is 2. The fraction of sp³-hybridized carbons (Fsp3) is 0.118. The molecule has 0 bridgehead atoms. The number of hydrogen-bond donors (Lipinski definition) is 3. The predicted octanol–water partition coefficient (Wildman–Crippen LogP) is 4.12. The molecule has 122 valence electrons. The number of nitriles is 1. The Kier molecular flexibility index (Phi) is 5.40. The first kappa shape index (κ1) is 17.3. The Balaban J connectivity index is 2.08. The Morgan fingerprint density at radius 1 is 1.04 bits per heavy atom. The third-order valence-corrected chi connectivity index (χ3v) is 3.47. The van der Waals surface area contributed by atoms with Gasteiger partial charge in [-0.15, -0.1) is 0 Å². The lowest BCUT2D eigenvalue weighted by molar-refractivity contribution is -0.114. The molecule has 7 heteroatoms. The molecule has 0 saturated heterocycles. The van der Waals surface area contributed by atoms with Crippen molar-refractivity contribution in [2.24, 2.45) is 0 Å². The van der Waals surface area contributed by atoms with Gasteiger partial charge in [0.15, 0.2) is 0 Å². The van der Waals surface area contributed by atoms with Crippen molar-refractivity contribution in [3.05, 3.63) is 52.5 Å². The van der Waals surface area contributed by atoms with Crippen molar-refractivity contribution in [3.8, 4) is 6.07 Å². The Bertz CT molecular complexity index is 843. The molecule has 3 amide bonds. The van der Waals surface area contributed by atoms with Crippen LogP contribution in [0.5, 0.6) is 0 Å². The van der Waals surface area contributed by atoms with Crippen molar-refractivity contribution in [2.75, 3.05) is 16.0 Å². The SMILES string of the molecule is CC(=O)Nc1cc(NC(=O)Nc2ccc(C#N)c(Cl)c2)ccc1C. The average molecular weight is 343 g/mol. The Morgan fingerprint density at radius 3 is 2.25 bits per heavy atom. The van der Waals surface area contributed by atoms with Crippen LogP contribution in [-0.2, 0) is 4.79 Å². The van der Waals surface area contributed by atoms with Crippen LogP contribution in [0.1, 0.15) is 18.1 Å². The zero-order chi connectivity index (χ0) is 17.7. The standard InChI is InChI=1S/C17H15ClN4O2/c1-10-3-5-14(8-16(10)20-11(2)23)22-17(24)21-13-6-4-12(9-19)15(18)7-13/h3-8H,1-2H3,(H,20,23)(H2,21,22,24). The minimum Gasteiger partial charge on any atom is -0.326 e. The highest BCUT2D eigenvalue weighted by Gasteiger charge is 2.07. The summed E-state index contributed by atoms with van der Waals surface area (Å²) in [7, 11) is 0. The summed E-state index contributed by atoms with van der Waals surface area (Å²) in [6.45, 7) is 3.27. The molecule has 0 radical (unpaired) electrons. The van der Waals surface area contributed by atoms with E-state index in [2.05, 4.69) is 16.0 Å². The summed E-state index contributed by atoms with van der Waals surface area (Å²) in [5.74, 6) is -0.188. The molecule has 0 aliphatic carbocycles. The van der Waals surface area contributed by atoms with Gasteiger partial charge in [-0.25, -0.2) is 4.79 Å². The quantitative estimate of drug-likeness (QED) is 0.783. The van der Waals surface area contributed by atoms with Gasteiger partial charge in [0.1, 0.15) is 6.07 Å². The van der Waals surface area contributed by atoms with E-state index in [1.54, 1.807) is 24.3 Å². The van der Waals surface area contributed by atoms with Crippen LogP contribution in [0.15, 0.2) is 36.4 Å². The first-order valence-corrected chi connectivity index (χ1v) is 7.42. The lowest BCUT2D eigenvalue weighted by Gasteiger charge is -2.11. The Morgan fingerprint density at radius 2 is 1.67 bits per heavy atom. The van der Waals surface area contributed by atoms with Gasteiger partial charge in [0.05, 0.1) is 10.6 Å². The molecule has 0 saturated carbocycles. The second kappa shape index (κ2) is 7.49. The van der Waals surface area contributed by atoms with Gasteiger partial charge in [0.2, 0.25) is 5.91 Å². The van der Waals surface area contributed by atoms with Gasteiger partial charge in [0.25, 0.3) is 0 Å². The van der Waals surface area contributed by atoms with Crippen molar-refractivity contribution >= 4 is 40.6 Å². The maximum absolute atomic E-state index is 12.0. The molecule has 0 heterocycles. The van der Waals surface area contributed by atoms with E-state index < -0.39 is 6.03 Å². The number of nitrogens with zero attached hydrogens (tertiary/aromatic N) is 1. The molecule has 3 N–H and O–H groups in total. The summed E-state index contributed by atoms with van der Waals surface area (Å²) in [6, 6.07) is 11.3. The van der Waals surface area contributed by atoms with E-state index >= 15 is 0 Å². The Hall–Kier alpha value is -3.04. The molecule has 0 atom stereocenters. The van der Waals surface area contributed by atoms with Crippen LogP contribution < -0.4 is 16.0 Å². The van der Waals surface area contributed by atoms with Crippen LogP contribution in [-0.4, -0.2) is 11.9 Å². The van der Waals surface area contributed by atoms with Gasteiger partial charge in [-0.05, 0) is 42.8 Å². The second-order valence-corrected chi connectivity index (χ2v) is 5.50. The summed E-state index contributed by atoms with van der Waals surface area (Å²) in [5.41, 5.74) is 2.84. The molecule has 0 spiro atoms. The molecule has 2 aromatic rings. The van der Waals surface area contributed by atoms with Crippen LogP contribution >= 0.6 is 11.6 Å². The number of benzene rings is 2. The van der Waals surface area contributed by atoms with E-state index in [1.165, 1.54) is 19.1 Å². The number of nitrogens with one attached hydrogen (secondary N) is 3. The van der Waals surface area contributed by atoms with Crippen LogP contribution in [0.4, 0.5) is 21.9 Å². The number of urea groups is 1. The third-order valence-electron chi connectivity index (χ3n) is 3.15. The van der Waals surface area contributed by atoms with Crippen LogP contribution in [0, 0.1) is 18.3 Å². The van der Waals surface area contributed by atoms with Gasteiger partial charge in [-0.2, -0.15) is 5.26 Å². The molecular formula is C17H15ClN4O2. The Labute approximate surface area is 144 Å². The van der Waals surface area contributed by atoms with Crippen LogP contribution in [0.25, 0.3) is 0 Å². The fourth-order valence-corrected chi connectivity index (χ4v) is 2.22. The molecule has 0 aliphatic rings. The van der Waals surface area contributed by atoms with Gasteiger partial charge < -0.3 is 16.0 Å². The van der Waals surface area contributed by atoms with Gasteiger partial charge in [-0.1, -0.05) is 17.7 Å². The largest absolute Gasteiger partial charge is 0.326 e. The molecule has 6 nitrogen and oxygen atoms in total. The van der Waals surface area contributed by atoms with Gasteiger partial charge in [0, 0.05) is 24.0 Å². The number of halogens is 1. The maximum atomic E-state index is 12.0. The first-order chi connectivity index (χ1) is 11.4. The third kappa shape index (κ3) is 4.48. The van der Waals surface area contributed by atoms with E-state index in [4.69, 9.17) is 16.9 Å².